The number of hydrogen-bond acceptors (Lipinski definition) is 0. The standard InChI is InChI=1S/C21H30/c1-2-8-19(7-1)13-14(19)16-18(21(16)11-5-6-12-21)17-15(13)20(17)9-3-4-10-20/h13-18H,1-12H2. The SMILES string of the molecule is C1CCC2(C1)C1C3C(C4C(C12)C41CCCC1)C31CCCC1. The molecular formula is C21H30. The molecule has 0 aromatic rings. The van der Waals surface area contributed by atoms with Crippen LogP contribution in [0.4, 0.5) is 0 Å². The highest BCUT2D eigenvalue weighted by Gasteiger charge is 2.93. The van der Waals surface area contributed by atoms with Gasteiger partial charge in [-0.25, -0.2) is 0 Å². The van der Waals surface area contributed by atoms with Gasteiger partial charge in [-0.1, -0.05) is 38.5 Å². The molecule has 7 fully saturated rings. The minimum Gasteiger partial charge on any atom is -0.0527 e. The first-order chi connectivity index (χ1) is 10.4. The van der Waals surface area contributed by atoms with E-state index in [9.17, 15) is 0 Å². The maximum absolute atomic E-state index is 1.65. The smallest absolute Gasteiger partial charge is 0.0229 e. The summed E-state index contributed by atoms with van der Waals surface area (Å²) in [6.07, 6.45) is 19.4. The van der Waals surface area contributed by atoms with Crippen LogP contribution >= 0.6 is 0 Å². The lowest BCUT2D eigenvalue weighted by Crippen LogP contribution is -2.04. The largest absolute Gasteiger partial charge is 0.0527 e. The quantitative estimate of drug-likeness (QED) is 0.520. The Morgan fingerprint density at radius 2 is 0.524 bits per heavy atom. The van der Waals surface area contributed by atoms with E-state index in [0.717, 1.165) is 16.2 Å². The van der Waals surface area contributed by atoms with Crippen molar-refractivity contribution < 1.29 is 0 Å². The van der Waals surface area contributed by atoms with Gasteiger partial charge in [-0.2, -0.15) is 0 Å². The van der Waals surface area contributed by atoms with Gasteiger partial charge < -0.3 is 0 Å². The summed E-state index contributed by atoms with van der Waals surface area (Å²) in [6.45, 7) is 0. The Balaban J connectivity index is 1.35. The zero-order valence-corrected chi connectivity index (χ0v) is 13.4. The molecule has 0 aromatic heterocycles. The van der Waals surface area contributed by atoms with Gasteiger partial charge >= 0.3 is 0 Å². The van der Waals surface area contributed by atoms with E-state index in [1.54, 1.807) is 77.0 Å². The summed E-state index contributed by atoms with van der Waals surface area (Å²) < 4.78 is 0. The fourth-order valence-corrected chi connectivity index (χ4v) is 10.3. The van der Waals surface area contributed by atoms with E-state index in [0.29, 0.717) is 0 Å². The van der Waals surface area contributed by atoms with E-state index in [2.05, 4.69) is 0 Å². The molecule has 0 heterocycles. The van der Waals surface area contributed by atoms with Crippen LogP contribution in [0.15, 0.2) is 0 Å². The Kier molecular flexibility index (Phi) is 1.72. The van der Waals surface area contributed by atoms with Crippen LogP contribution in [-0.4, -0.2) is 0 Å². The normalized spacial score (nSPS) is 58.3. The molecule has 7 saturated carbocycles. The van der Waals surface area contributed by atoms with Gasteiger partial charge in [0, 0.05) is 0 Å². The van der Waals surface area contributed by atoms with Gasteiger partial charge in [-0.05, 0) is 90.3 Å². The fourth-order valence-electron chi connectivity index (χ4n) is 10.3. The summed E-state index contributed by atoms with van der Waals surface area (Å²) in [6, 6.07) is 0. The van der Waals surface area contributed by atoms with E-state index in [1.807, 2.05) is 0 Å². The first-order valence-electron chi connectivity index (χ1n) is 10.4. The van der Waals surface area contributed by atoms with Crippen molar-refractivity contribution in [2.45, 2.75) is 77.0 Å². The predicted octanol–water partition coefficient (Wildman–Crippen LogP) is 5.42. The van der Waals surface area contributed by atoms with Crippen molar-refractivity contribution in [1.29, 1.82) is 0 Å². The molecule has 0 radical (unpaired) electrons. The Hall–Kier alpha value is 0. The minimum absolute atomic E-state index is 0.931. The summed E-state index contributed by atoms with van der Waals surface area (Å²) in [5.41, 5.74) is 2.79. The fraction of sp³-hybridized carbons (Fsp3) is 1.00. The zero-order valence-electron chi connectivity index (χ0n) is 13.4. The molecule has 0 nitrogen and oxygen atoms in total. The highest BCUT2D eigenvalue weighted by atomic mass is 15.0. The Labute approximate surface area is 129 Å². The third-order valence-corrected chi connectivity index (χ3v) is 10.6. The lowest BCUT2D eigenvalue weighted by atomic mass is 9.93. The molecule has 0 aromatic carbocycles. The van der Waals surface area contributed by atoms with Crippen molar-refractivity contribution in [2.24, 2.45) is 51.8 Å². The highest BCUT2D eigenvalue weighted by molar-refractivity contribution is 5.40. The van der Waals surface area contributed by atoms with Gasteiger partial charge in [-0.15, -0.1) is 0 Å². The van der Waals surface area contributed by atoms with E-state index >= 15 is 0 Å². The number of rotatable bonds is 0. The molecule has 0 N–H and O–H groups in total. The number of hydrogen-bond donors (Lipinski definition) is 0. The maximum atomic E-state index is 1.65. The molecule has 7 aliphatic rings. The molecule has 0 atom stereocenters. The van der Waals surface area contributed by atoms with Crippen LogP contribution in [0.2, 0.25) is 0 Å². The van der Waals surface area contributed by atoms with Crippen molar-refractivity contribution in [3.8, 4) is 0 Å². The topological polar surface area (TPSA) is 0 Å². The van der Waals surface area contributed by atoms with Gasteiger partial charge in [-0.3, -0.25) is 0 Å². The molecule has 21 heavy (non-hydrogen) atoms. The van der Waals surface area contributed by atoms with E-state index in [4.69, 9.17) is 0 Å². The molecule has 7 rings (SSSR count). The summed E-state index contributed by atoms with van der Waals surface area (Å²) >= 11 is 0. The van der Waals surface area contributed by atoms with Crippen molar-refractivity contribution in [1.82, 2.24) is 0 Å². The first-order valence-corrected chi connectivity index (χ1v) is 10.4. The molecule has 0 heteroatoms. The summed E-state index contributed by atoms with van der Waals surface area (Å²) in [4.78, 5) is 0. The molecule has 0 amide bonds. The molecule has 3 spiro atoms. The van der Waals surface area contributed by atoms with E-state index < -0.39 is 0 Å². The second-order valence-electron chi connectivity index (χ2n) is 10.5. The molecule has 0 unspecified atom stereocenters. The molecule has 0 bridgehead atoms. The van der Waals surface area contributed by atoms with Gasteiger partial charge in [0.2, 0.25) is 0 Å². The second kappa shape index (κ2) is 3.13. The van der Waals surface area contributed by atoms with Crippen LogP contribution in [0.3, 0.4) is 0 Å². The average molecular weight is 282 g/mol. The monoisotopic (exact) mass is 282 g/mol. The lowest BCUT2D eigenvalue weighted by molar-refractivity contribution is 0.371. The van der Waals surface area contributed by atoms with Crippen molar-refractivity contribution in [2.75, 3.05) is 0 Å². The van der Waals surface area contributed by atoms with Gasteiger partial charge in [0.1, 0.15) is 0 Å². The zero-order chi connectivity index (χ0) is 13.4. The van der Waals surface area contributed by atoms with E-state index in [-0.39, 0.29) is 0 Å². The molecular weight excluding hydrogens is 252 g/mol. The first kappa shape index (κ1) is 11.5. The minimum atomic E-state index is 0.931. The van der Waals surface area contributed by atoms with Crippen LogP contribution < -0.4 is 0 Å². The molecule has 0 saturated heterocycles. The van der Waals surface area contributed by atoms with Crippen molar-refractivity contribution >= 4 is 0 Å². The summed E-state index contributed by atoms with van der Waals surface area (Å²) in [5, 5.41) is 0. The van der Waals surface area contributed by atoms with Crippen molar-refractivity contribution in [3.63, 3.8) is 0 Å². The highest BCUT2D eigenvalue weighted by Crippen LogP contribution is 2.97. The summed E-state index contributed by atoms with van der Waals surface area (Å²) in [5.74, 6) is 7.52. The van der Waals surface area contributed by atoms with Crippen LogP contribution in [0, 0.1) is 51.8 Å². The second-order valence-corrected chi connectivity index (χ2v) is 10.5. The molecule has 7 aliphatic carbocycles. The maximum Gasteiger partial charge on any atom is -0.0229 e. The third kappa shape index (κ3) is 0.988. The lowest BCUT2D eigenvalue weighted by Gasteiger charge is -2.11. The average Bonchev–Trinajstić information content (AvgIpc) is 3.19. The summed E-state index contributed by atoms with van der Waals surface area (Å²) in [7, 11) is 0. The van der Waals surface area contributed by atoms with Gasteiger partial charge in [0.25, 0.3) is 0 Å². The predicted molar refractivity (Wildman–Crippen MR) is 83.6 cm³/mol. The Bertz CT molecular complexity index is 394. The Morgan fingerprint density at radius 3 is 0.714 bits per heavy atom. The third-order valence-electron chi connectivity index (χ3n) is 10.6. The van der Waals surface area contributed by atoms with Gasteiger partial charge in [0.05, 0.1) is 0 Å². The van der Waals surface area contributed by atoms with E-state index in [1.165, 1.54) is 35.5 Å². The molecule has 114 valence electrons. The number of fused-ring (bicyclic) bond motifs is 12. The van der Waals surface area contributed by atoms with Crippen LogP contribution in [0.25, 0.3) is 0 Å². The molecule has 0 aliphatic heterocycles. The Morgan fingerprint density at radius 1 is 0.333 bits per heavy atom. The van der Waals surface area contributed by atoms with Crippen LogP contribution in [0.1, 0.15) is 77.0 Å². The van der Waals surface area contributed by atoms with Crippen molar-refractivity contribution in [3.05, 3.63) is 0 Å². The van der Waals surface area contributed by atoms with Gasteiger partial charge in [0.15, 0.2) is 0 Å². The van der Waals surface area contributed by atoms with Crippen LogP contribution in [0.5, 0.6) is 0 Å². The van der Waals surface area contributed by atoms with Crippen LogP contribution in [-0.2, 0) is 0 Å².